The molecule has 1 aliphatic carbocycles. The Morgan fingerprint density at radius 3 is 2.69 bits per heavy atom. The first-order valence-corrected chi connectivity index (χ1v) is 15.7. The lowest BCUT2D eigenvalue weighted by atomic mass is 9.79. The monoisotopic (exact) mass is 607 g/mol. The third-order valence-corrected chi connectivity index (χ3v) is 9.63. The summed E-state index contributed by atoms with van der Waals surface area (Å²) in [4.78, 5) is 51.9. The lowest BCUT2D eigenvalue weighted by Gasteiger charge is -2.43. The highest BCUT2D eigenvalue weighted by atomic mass is 16.5. The minimum Gasteiger partial charge on any atom is -0.380 e. The Bertz CT molecular complexity index is 1660. The molecule has 10 heteroatoms. The Hall–Kier alpha value is -4.41. The first-order chi connectivity index (χ1) is 21.9. The Morgan fingerprint density at radius 1 is 0.978 bits per heavy atom. The molecule has 1 aromatic carbocycles. The van der Waals surface area contributed by atoms with E-state index in [2.05, 4.69) is 39.7 Å². The van der Waals surface area contributed by atoms with Crippen molar-refractivity contribution in [3.05, 3.63) is 94.4 Å². The zero-order valence-corrected chi connectivity index (χ0v) is 25.3. The molecule has 5 heterocycles. The Kier molecular flexibility index (Phi) is 7.93. The average molecular weight is 608 g/mol. The summed E-state index contributed by atoms with van der Waals surface area (Å²) in [5, 5.41) is 5.98. The number of benzene rings is 1. The van der Waals surface area contributed by atoms with Gasteiger partial charge in [-0.2, -0.15) is 0 Å². The molecule has 0 saturated carbocycles. The molecule has 2 aromatic heterocycles. The van der Waals surface area contributed by atoms with Crippen molar-refractivity contribution in [1.29, 1.82) is 0 Å². The topological polar surface area (TPSA) is 123 Å². The van der Waals surface area contributed by atoms with E-state index in [0.717, 1.165) is 34.4 Å². The highest BCUT2D eigenvalue weighted by molar-refractivity contribution is 6.06. The summed E-state index contributed by atoms with van der Waals surface area (Å²) in [6, 6.07) is 13.2. The van der Waals surface area contributed by atoms with Gasteiger partial charge in [-0.1, -0.05) is 42.5 Å². The normalized spacial score (nSPS) is 27.6. The van der Waals surface area contributed by atoms with Gasteiger partial charge in [-0.25, -0.2) is 4.98 Å². The van der Waals surface area contributed by atoms with Crippen LogP contribution in [0.4, 0.5) is 5.82 Å². The van der Waals surface area contributed by atoms with Crippen molar-refractivity contribution >= 4 is 29.6 Å². The number of rotatable bonds is 1. The number of amides is 3. The van der Waals surface area contributed by atoms with Gasteiger partial charge in [0.2, 0.25) is 11.8 Å². The lowest BCUT2D eigenvalue weighted by Crippen LogP contribution is -2.58. The number of pyridine rings is 2. The molecule has 45 heavy (non-hydrogen) atoms. The van der Waals surface area contributed by atoms with E-state index in [1.165, 1.54) is 0 Å². The molecule has 232 valence electrons. The van der Waals surface area contributed by atoms with E-state index in [1.807, 2.05) is 47.4 Å². The van der Waals surface area contributed by atoms with E-state index in [1.54, 1.807) is 12.4 Å². The summed E-state index contributed by atoms with van der Waals surface area (Å²) in [7, 11) is 0. The summed E-state index contributed by atoms with van der Waals surface area (Å²) in [5.41, 5.74) is 4.02. The molecule has 4 aliphatic rings. The number of anilines is 1. The molecule has 10 nitrogen and oxygen atoms in total. The predicted molar refractivity (Wildman–Crippen MR) is 168 cm³/mol. The SMILES string of the molecule is CC1C(c2ccccc2)CC2NC(=O)c3cnc4c(c3)C[C@@]3(C4)C(=O)Nc4ncc(cc43)/C=C/COCCCOCCN1C2=O. The van der Waals surface area contributed by atoms with Gasteiger partial charge in [-0.15, -0.1) is 0 Å². The van der Waals surface area contributed by atoms with Gasteiger partial charge in [0.05, 0.1) is 24.2 Å². The van der Waals surface area contributed by atoms with Crippen molar-refractivity contribution in [2.45, 2.75) is 56.0 Å². The molecule has 2 N–H and O–H groups in total. The van der Waals surface area contributed by atoms with Gasteiger partial charge in [0, 0.05) is 61.8 Å². The number of hydrogen-bond acceptors (Lipinski definition) is 7. The maximum Gasteiger partial charge on any atom is 0.253 e. The molecule has 3 amide bonds. The maximum atomic E-state index is 13.8. The second kappa shape index (κ2) is 12.2. The molecular weight excluding hydrogens is 570 g/mol. The molecule has 0 radical (unpaired) electrons. The quantitative estimate of drug-likeness (QED) is 0.435. The van der Waals surface area contributed by atoms with Crippen LogP contribution in [0.3, 0.4) is 0 Å². The van der Waals surface area contributed by atoms with Gasteiger partial charge >= 0.3 is 0 Å². The Morgan fingerprint density at radius 2 is 1.82 bits per heavy atom. The number of nitrogens with one attached hydrogen (secondary N) is 2. The van der Waals surface area contributed by atoms with Gasteiger partial charge in [-0.05, 0) is 55.0 Å². The van der Waals surface area contributed by atoms with E-state index < -0.39 is 11.5 Å². The van der Waals surface area contributed by atoms with Crippen LogP contribution in [0.1, 0.15) is 64.0 Å². The molecule has 3 aromatic rings. The number of nitrogens with zero attached hydrogens (tertiary/aromatic N) is 3. The van der Waals surface area contributed by atoms with Crippen molar-refractivity contribution in [2.75, 3.05) is 38.3 Å². The van der Waals surface area contributed by atoms with Crippen molar-refractivity contribution < 1.29 is 23.9 Å². The Balaban J connectivity index is 1.19. The molecule has 3 unspecified atom stereocenters. The zero-order chi connectivity index (χ0) is 31.0. The van der Waals surface area contributed by atoms with E-state index in [-0.39, 0.29) is 29.7 Å². The maximum absolute atomic E-state index is 13.8. The standard InChI is InChI=1S/C35H37N5O5/c1-22-27(24-8-3-2-4-9-24)17-29-33(42)40(22)10-14-45-13-6-12-44-11-5-7-23-15-28-31(37-20-23)39-34(43)35(28)18-25-16-26(32(41)38-29)21-36-30(25)19-35/h2-5,7-9,15-16,20-22,27,29H,6,10-14,17-19H2,1H3,(H,38,41)(H,37,39,43)/b7-5+/t22?,27?,29?,35-/m0/s1. The number of aromatic nitrogens is 2. The predicted octanol–water partition coefficient (Wildman–Crippen LogP) is 3.42. The number of carbonyl (C=O) groups excluding carboxylic acids is 3. The van der Waals surface area contributed by atoms with Gasteiger partial charge in [0.25, 0.3) is 5.91 Å². The number of fused-ring (bicyclic) bond motifs is 4. The van der Waals surface area contributed by atoms with Crippen molar-refractivity contribution in [2.24, 2.45) is 0 Å². The summed E-state index contributed by atoms with van der Waals surface area (Å²) < 4.78 is 11.7. The van der Waals surface area contributed by atoms with Crippen LogP contribution in [0.5, 0.6) is 0 Å². The smallest absolute Gasteiger partial charge is 0.253 e. The second-order valence-corrected chi connectivity index (χ2v) is 12.4. The van der Waals surface area contributed by atoms with Crippen molar-refractivity contribution in [3.63, 3.8) is 0 Å². The van der Waals surface area contributed by atoms with E-state index in [9.17, 15) is 14.4 Å². The van der Waals surface area contributed by atoms with Gasteiger partial charge in [-0.3, -0.25) is 19.4 Å². The molecular formula is C35H37N5O5. The number of ether oxygens (including phenoxy) is 2. The van der Waals surface area contributed by atoms with Gasteiger partial charge in [0.1, 0.15) is 11.9 Å². The molecule has 7 rings (SSSR count). The lowest BCUT2D eigenvalue weighted by molar-refractivity contribution is -0.140. The van der Waals surface area contributed by atoms with Crippen LogP contribution in [-0.2, 0) is 37.3 Å². The first kappa shape index (κ1) is 29.3. The number of hydrogen-bond donors (Lipinski definition) is 2. The van der Waals surface area contributed by atoms with Crippen molar-refractivity contribution in [1.82, 2.24) is 20.2 Å². The number of carbonyl (C=O) groups is 3. The zero-order valence-electron chi connectivity index (χ0n) is 25.3. The third-order valence-electron chi connectivity index (χ3n) is 9.63. The molecule has 4 atom stereocenters. The fraction of sp³-hybridized carbons (Fsp3) is 0.400. The molecule has 3 aliphatic heterocycles. The van der Waals surface area contributed by atoms with Crippen LogP contribution in [-0.4, -0.2) is 77.6 Å². The van der Waals surface area contributed by atoms with Crippen LogP contribution < -0.4 is 10.6 Å². The molecule has 7 bridgehead atoms. The van der Waals surface area contributed by atoms with Crippen LogP contribution in [0.15, 0.2) is 60.9 Å². The van der Waals surface area contributed by atoms with E-state index in [4.69, 9.17) is 9.47 Å². The molecule has 1 saturated heterocycles. The van der Waals surface area contributed by atoms with Crippen LogP contribution in [0, 0.1) is 0 Å². The average Bonchev–Trinajstić information content (AvgIpc) is 3.57. The van der Waals surface area contributed by atoms with Gasteiger partial charge < -0.3 is 25.0 Å². The largest absolute Gasteiger partial charge is 0.380 e. The Labute approximate surface area is 262 Å². The molecule has 1 fully saturated rings. The van der Waals surface area contributed by atoms with Crippen LogP contribution >= 0.6 is 0 Å². The highest BCUT2D eigenvalue weighted by Gasteiger charge is 2.52. The fourth-order valence-electron chi connectivity index (χ4n) is 7.21. The number of piperidine rings is 1. The summed E-state index contributed by atoms with van der Waals surface area (Å²) >= 11 is 0. The van der Waals surface area contributed by atoms with Crippen LogP contribution in [0.25, 0.3) is 6.08 Å². The minimum absolute atomic E-state index is 0.0441. The molecule has 1 spiro atoms. The summed E-state index contributed by atoms with van der Waals surface area (Å²) in [6.07, 6.45) is 9.24. The third kappa shape index (κ3) is 5.53. The highest BCUT2D eigenvalue weighted by Crippen LogP contribution is 2.46. The minimum atomic E-state index is -0.832. The summed E-state index contributed by atoms with van der Waals surface area (Å²) in [6.45, 7) is 4.40. The van der Waals surface area contributed by atoms with Crippen LogP contribution in [0.2, 0.25) is 0 Å². The van der Waals surface area contributed by atoms with Crippen molar-refractivity contribution in [3.8, 4) is 0 Å². The summed E-state index contributed by atoms with van der Waals surface area (Å²) in [5.74, 6) is 0.0247. The van der Waals surface area contributed by atoms with Gasteiger partial charge in [0.15, 0.2) is 0 Å². The fourth-order valence-corrected chi connectivity index (χ4v) is 7.21. The van der Waals surface area contributed by atoms with E-state index in [0.29, 0.717) is 63.6 Å². The van der Waals surface area contributed by atoms with E-state index >= 15 is 0 Å². The first-order valence-electron chi connectivity index (χ1n) is 15.7. The second-order valence-electron chi connectivity index (χ2n) is 12.4.